The lowest BCUT2D eigenvalue weighted by Gasteiger charge is -2.20. The van der Waals surface area contributed by atoms with E-state index in [1.54, 1.807) is 7.05 Å². The monoisotopic (exact) mass is 347 g/mol. The molecule has 0 aromatic heterocycles. The van der Waals surface area contributed by atoms with Gasteiger partial charge < -0.3 is 0 Å². The summed E-state index contributed by atoms with van der Waals surface area (Å²) < 4.78 is 25.9. The number of sulfonamides is 1. The molecule has 108 valence electrons. The molecular formula is C14H22BrNO2S. The molecule has 0 radical (unpaired) electrons. The van der Waals surface area contributed by atoms with Crippen LogP contribution < -0.4 is 0 Å². The van der Waals surface area contributed by atoms with E-state index in [0.717, 1.165) is 12.0 Å². The Bertz CT molecular complexity index is 473. The molecule has 2 unspecified atom stereocenters. The summed E-state index contributed by atoms with van der Waals surface area (Å²) in [5.41, 5.74) is 1.06. The van der Waals surface area contributed by atoms with Crippen LogP contribution in [0, 0.1) is 0 Å². The molecular weight excluding hydrogens is 326 g/mol. The van der Waals surface area contributed by atoms with Gasteiger partial charge in [0.1, 0.15) is 0 Å². The van der Waals surface area contributed by atoms with Crippen molar-refractivity contribution in [3.05, 3.63) is 35.9 Å². The molecule has 3 nitrogen and oxygen atoms in total. The van der Waals surface area contributed by atoms with Crippen molar-refractivity contribution in [1.29, 1.82) is 0 Å². The molecule has 0 spiro atoms. The highest BCUT2D eigenvalue weighted by Crippen LogP contribution is 2.18. The van der Waals surface area contributed by atoms with E-state index in [1.807, 2.05) is 44.2 Å². The summed E-state index contributed by atoms with van der Waals surface area (Å²) in [6.07, 6.45) is 0.815. The van der Waals surface area contributed by atoms with Crippen LogP contribution in [0.2, 0.25) is 0 Å². The molecule has 0 bridgehead atoms. The number of hydrogen-bond acceptors (Lipinski definition) is 2. The third-order valence-corrected chi connectivity index (χ3v) is 5.66. The maximum atomic E-state index is 12.2. The molecule has 0 fully saturated rings. The van der Waals surface area contributed by atoms with Gasteiger partial charge >= 0.3 is 0 Å². The third-order valence-electron chi connectivity index (χ3n) is 3.15. The molecule has 1 aromatic carbocycles. The number of nitrogens with zero attached hydrogens (tertiary/aromatic N) is 1. The lowest BCUT2D eigenvalue weighted by atomic mass is 10.0. The quantitative estimate of drug-likeness (QED) is 0.710. The first kappa shape index (κ1) is 16.7. The average molecular weight is 348 g/mol. The highest BCUT2D eigenvalue weighted by atomic mass is 79.9. The number of rotatable bonds is 7. The third kappa shape index (κ3) is 5.63. The van der Waals surface area contributed by atoms with Gasteiger partial charge in [0.2, 0.25) is 10.0 Å². The Kier molecular flexibility index (Phi) is 6.50. The van der Waals surface area contributed by atoms with Crippen molar-refractivity contribution >= 4 is 26.0 Å². The molecule has 5 heteroatoms. The summed E-state index contributed by atoms with van der Waals surface area (Å²) in [7, 11) is -1.54. The van der Waals surface area contributed by atoms with Crippen molar-refractivity contribution in [1.82, 2.24) is 4.31 Å². The molecule has 0 heterocycles. The molecule has 0 saturated heterocycles. The van der Waals surface area contributed by atoms with Gasteiger partial charge in [-0.05, 0) is 17.9 Å². The average Bonchev–Trinajstić information content (AvgIpc) is 2.36. The number of hydrogen-bond donors (Lipinski definition) is 0. The molecule has 0 aliphatic heterocycles. The van der Waals surface area contributed by atoms with Gasteiger partial charge in [-0.15, -0.1) is 0 Å². The molecule has 0 aliphatic carbocycles. The Hall–Kier alpha value is -0.390. The zero-order chi connectivity index (χ0) is 14.5. The van der Waals surface area contributed by atoms with E-state index in [4.69, 9.17) is 0 Å². The van der Waals surface area contributed by atoms with E-state index in [2.05, 4.69) is 15.9 Å². The van der Waals surface area contributed by atoms with Gasteiger partial charge in [0.05, 0.1) is 5.75 Å². The largest absolute Gasteiger partial charge is 0.214 e. The Labute approximate surface area is 125 Å². The van der Waals surface area contributed by atoms with E-state index >= 15 is 0 Å². The second-order valence-corrected chi connectivity index (χ2v) is 8.66. The fourth-order valence-corrected chi connectivity index (χ4v) is 3.49. The van der Waals surface area contributed by atoms with E-state index in [9.17, 15) is 8.42 Å². The van der Waals surface area contributed by atoms with Crippen LogP contribution in [0.5, 0.6) is 0 Å². The summed E-state index contributed by atoms with van der Waals surface area (Å²) in [5, 5.41) is 0. The SMILES string of the molecule is CC(Br)CCN(C)S(=O)(=O)CC(C)c1ccccc1. The lowest BCUT2D eigenvalue weighted by Crippen LogP contribution is -2.32. The first-order valence-electron chi connectivity index (χ1n) is 6.46. The van der Waals surface area contributed by atoms with Crippen molar-refractivity contribution in [3.8, 4) is 0 Å². The Morgan fingerprint density at radius 3 is 2.32 bits per heavy atom. The van der Waals surface area contributed by atoms with Crippen LogP contribution in [0.25, 0.3) is 0 Å². The standard InChI is InChI=1S/C14H22BrNO2S/c1-12(14-7-5-4-6-8-14)11-19(17,18)16(3)10-9-13(2)15/h4-8,12-13H,9-11H2,1-3H3. The van der Waals surface area contributed by atoms with E-state index in [0.29, 0.717) is 11.4 Å². The van der Waals surface area contributed by atoms with Crippen molar-refractivity contribution in [2.24, 2.45) is 0 Å². The summed E-state index contributed by atoms with van der Waals surface area (Å²) in [6.45, 7) is 4.52. The normalized spacial score (nSPS) is 15.4. The van der Waals surface area contributed by atoms with Crippen LogP contribution in [-0.4, -0.2) is 36.9 Å². The van der Waals surface area contributed by atoms with Gasteiger partial charge in [-0.25, -0.2) is 12.7 Å². The highest BCUT2D eigenvalue weighted by Gasteiger charge is 2.22. The summed E-state index contributed by atoms with van der Waals surface area (Å²) in [6, 6.07) is 9.76. The van der Waals surface area contributed by atoms with Crippen molar-refractivity contribution in [2.75, 3.05) is 19.3 Å². The minimum absolute atomic E-state index is 0.00930. The fraction of sp³-hybridized carbons (Fsp3) is 0.571. The number of alkyl halides is 1. The van der Waals surface area contributed by atoms with Crippen LogP contribution >= 0.6 is 15.9 Å². The number of benzene rings is 1. The Morgan fingerprint density at radius 2 is 1.79 bits per heavy atom. The zero-order valence-electron chi connectivity index (χ0n) is 11.7. The predicted octanol–water partition coefficient (Wildman–Crippen LogP) is 3.23. The molecule has 1 rings (SSSR count). The van der Waals surface area contributed by atoms with E-state index in [1.165, 1.54) is 4.31 Å². The summed E-state index contributed by atoms with van der Waals surface area (Å²) in [5.74, 6) is 0.166. The molecule has 0 amide bonds. The first-order chi connectivity index (χ1) is 8.83. The van der Waals surface area contributed by atoms with Gasteiger partial charge in [-0.2, -0.15) is 0 Å². The van der Waals surface area contributed by atoms with Gasteiger partial charge in [0.15, 0.2) is 0 Å². The molecule has 19 heavy (non-hydrogen) atoms. The minimum Gasteiger partial charge on any atom is -0.212 e. The maximum absolute atomic E-state index is 12.2. The van der Waals surface area contributed by atoms with Crippen LogP contribution in [0.15, 0.2) is 30.3 Å². The Balaban J connectivity index is 2.64. The second kappa shape index (κ2) is 7.41. The smallest absolute Gasteiger partial charge is 0.212 e. The van der Waals surface area contributed by atoms with Crippen molar-refractivity contribution in [3.63, 3.8) is 0 Å². The Morgan fingerprint density at radius 1 is 1.21 bits per heavy atom. The van der Waals surface area contributed by atoms with E-state index < -0.39 is 10.0 Å². The van der Waals surface area contributed by atoms with Crippen LogP contribution in [0.3, 0.4) is 0 Å². The maximum Gasteiger partial charge on any atom is 0.214 e. The molecule has 0 N–H and O–H groups in total. The summed E-state index contributed by atoms with van der Waals surface area (Å²) in [4.78, 5) is 0.330. The second-order valence-electron chi connectivity index (χ2n) is 4.98. The van der Waals surface area contributed by atoms with Gasteiger partial charge in [-0.3, -0.25) is 0 Å². The first-order valence-corrected chi connectivity index (χ1v) is 8.98. The zero-order valence-corrected chi connectivity index (χ0v) is 14.1. The molecule has 2 atom stereocenters. The molecule has 0 aliphatic rings. The van der Waals surface area contributed by atoms with Crippen molar-refractivity contribution in [2.45, 2.75) is 31.0 Å². The van der Waals surface area contributed by atoms with Crippen LogP contribution in [-0.2, 0) is 10.0 Å². The van der Waals surface area contributed by atoms with Crippen molar-refractivity contribution < 1.29 is 8.42 Å². The lowest BCUT2D eigenvalue weighted by molar-refractivity contribution is 0.459. The summed E-state index contributed by atoms with van der Waals surface area (Å²) >= 11 is 3.44. The topological polar surface area (TPSA) is 37.4 Å². The fourth-order valence-electron chi connectivity index (χ4n) is 1.82. The predicted molar refractivity (Wildman–Crippen MR) is 84.3 cm³/mol. The van der Waals surface area contributed by atoms with Gasteiger partial charge in [-0.1, -0.05) is 60.1 Å². The van der Waals surface area contributed by atoms with E-state index in [-0.39, 0.29) is 11.7 Å². The number of halogens is 1. The van der Waals surface area contributed by atoms with Crippen LogP contribution in [0.4, 0.5) is 0 Å². The molecule has 0 saturated carbocycles. The minimum atomic E-state index is -3.19. The molecule has 1 aromatic rings. The van der Waals surface area contributed by atoms with Crippen LogP contribution in [0.1, 0.15) is 31.7 Å². The van der Waals surface area contributed by atoms with Gasteiger partial charge in [0.25, 0.3) is 0 Å². The van der Waals surface area contributed by atoms with Gasteiger partial charge in [0, 0.05) is 18.4 Å². The highest BCUT2D eigenvalue weighted by molar-refractivity contribution is 9.09.